The number of rotatable bonds is 14. The zero-order valence-electron chi connectivity index (χ0n) is 18.5. The molecule has 1 aliphatic rings. The third-order valence-corrected chi connectivity index (χ3v) is 5.12. The Morgan fingerprint density at radius 3 is 2.22 bits per heavy atom. The molecule has 32 heavy (non-hydrogen) atoms. The summed E-state index contributed by atoms with van der Waals surface area (Å²) in [5, 5.41) is 19.6. The third kappa shape index (κ3) is 8.91. The van der Waals surface area contributed by atoms with Gasteiger partial charge in [-0.15, -0.1) is 0 Å². The molecule has 0 spiro atoms. The van der Waals surface area contributed by atoms with Crippen LogP contribution in [-0.4, -0.2) is 71.7 Å². The lowest BCUT2D eigenvalue weighted by Crippen LogP contribution is -2.29. The molecule has 0 atom stereocenters. The lowest BCUT2D eigenvalue weighted by Gasteiger charge is -2.26. The minimum atomic E-state index is -0.201. The van der Waals surface area contributed by atoms with E-state index in [4.69, 9.17) is 15.2 Å². The number of benzene rings is 1. The fourth-order valence-corrected chi connectivity index (χ4v) is 3.42. The van der Waals surface area contributed by atoms with Gasteiger partial charge in [0.25, 0.3) is 0 Å². The van der Waals surface area contributed by atoms with Gasteiger partial charge in [0.15, 0.2) is 0 Å². The lowest BCUT2D eigenvalue weighted by molar-refractivity contribution is 0.0547. The second-order valence-corrected chi connectivity index (χ2v) is 7.74. The van der Waals surface area contributed by atoms with E-state index in [9.17, 15) is 5.11 Å². The molecule has 0 amide bonds. The van der Waals surface area contributed by atoms with Gasteiger partial charge in [-0.1, -0.05) is 30.3 Å². The largest absolute Gasteiger partial charge is 0.393 e. The first-order valence-corrected chi connectivity index (χ1v) is 11.3. The molecule has 1 saturated carbocycles. The monoisotopic (exact) mass is 445 g/mol. The van der Waals surface area contributed by atoms with E-state index in [2.05, 4.69) is 43.0 Å². The summed E-state index contributed by atoms with van der Waals surface area (Å²) in [4.78, 5) is 13.6. The van der Waals surface area contributed by atoms with Crippen LogP contribution in [0.5, 0.6) is 0 Å². The van der Waals surface area contributed by atoms with Crippen molar-refractivity contribution in [3.63, 3.8) is 0 Å². The SMILES string of the molecule is NCCOCCOCCNc1nc(NCc2ccccc2)nc(NC2CCC(O)CC2)n1. The number of nitrogens with zero attached hydrogens (tertiary/aromatic N) is 3. The van der Waals surface area contributed by atoms with Crippen LogP contribution < -0.4 is 21.7 Å². The second-order valence-electron chi connectivity index (χ2n) is 7.74. The summed E-state index contributed by atoms with van der Waals surface area (Å²) in [6.07, 6.45) is 3.16. The molecule has 3 rings (SSSR count). The van der Waals surface area contributed by atoms with Gasteiger partial charge in [-0.2, -0.15) is 15.0 Å². The highest BCUT2D eigenvalue weighted by Gasteiger charge is 2.20. The Kier molecular flexibility index (Phi) is 10.4. The van der Waals surface area contributed by atoms with Gasteiger partial charge in [-0.05, 0) is 31.2 Å². The number of hydrogen-bond acceptors (Lipinski definition) is 10. The summed E-state index contributed by atoms with van der Waals surface area (Å²) in [7, 11) is 0. The van der Waals surface area contributed by atoms with Crippen LogP contribution >= 0.6 is 0 Å². The van der Waals surface area contributed by atoms with E-state index in [-0.39, 0.29) is 12.1 Å². The van der Waals surface area contributed by atoms with Crippen LogP contribution in [0.2, 0.25) is 0 Å². The van der Waals surface area contributed by atoms with Gasteiger partial charge in [0.1, 0.15) is 0 Å². The van der Waals surface area contributed by atoms with Crippen molar-refractivity contribution in [2.45, 2.75) is 44.4 Å². The van der Waals surface area contributed by atoms with Gasteiger partial charge in [0.05, 0.1) is 32.5 Å². The van der Waals surface area contributed by atoms with E-state index >= 15 is 0 Å². The number of aliphatic hydroxyl groups excluding tert-OH is 1. The van der Waals surface area contributed by atoms with Crippen molar-refractivity contribution in [3.05, 3.63) is 35.9 Å². The van der Waals surface area contributed by atoms with E-state index < -0.39 is 0 Å². The van der Waals surface area contributed by atoms with Crippen molar-refractivity contribution in [2.75, 3.05) is 55.5 Å². The predicted molar refractivity (Wildman–Crippen MR) is 125 cm³/mol. The van der Waals surface area contributed by atoms with E-state index in [1.54, 1.807) is 0 Å². The molecule has 1 fully saturated rings. The first kappa shape index (κ1) is 24.1. The molecule has 10 nitrogen and oxygen atoms in total. The van der Waals surface area contributed by atoms with Crippen LogP contribution in [0.4, 0.5) is 17.8 Å². The van der Waals surface area contributed by atoms with Crippen molar-refractivity contribution < 1.29 is 14.6 Å². The molecule has 176 valence electrons. The topological polar surface area (TPSA) is 139 Å². The lowest BCUT2D eigenvalue weighted by atomic mass is 9.93. The van der Waals surface area contributed by atoms with Gasteiger partial charge in [0, 0.05) is 25.7 Å². The van der Waals surface area contributed by atoms with Crippen LogP contribution in [0, 0.1) is 0 Å². The van der Waals surface area contributed by atoms with Crippen molar-refractivity contribution in [3.8, 4) is 0 Å². The normalized spacial score (nSPS) is 18.3. The first-order valence-electron chi connectivity index (χ1n) is 11.3. The zero-order chi connectivity index (χ0) is 22.4. The minimum Gasteiger partial charge on any atom is -0.393 e. The molecular formula is C22H35N7O3. The zero-order valence-corrected chi connectivity index (χ0v) is 18.5. The standard InChI is InChI=1S/C22H35N7O3/c23-10-12-31-14-15-32-13-11-24-20-27-21(25-16-17-4-2-1-3-5-17)29-22(28-20)26-18-6-8-19(30)9-7-18/h1-5,18-19,30H,6-16,23H2,(H3,24,25,26,27,28,29). The Labute approximate surface area is 189 Å². The van der Waals surface area contributed by atoms with Crippen LogP contribution in [0.3, 0.4) is 0 Å². The fraction of sp³-hybridized carbons (Fsp3) is 0.591. The van der Waals surface area contributed by atoms with E-state index in [0.717, 1.165) is 31.2 Å². The molecule has 0 radical (unpaired) electrons. The molecule has 0 bridgehead atoms. The molecule has 1 aromatic heterocycles. The smallest absolute Gasteiger partial charge is 0.229 e. The highest BCUT2D eigenvalue weighted by Crippen LogP contribution is 2.21. The Morgan fingerprint density at radius 2 is 1.50 bits per heavy atom. The molecule has 0 aliphatic heterocycles. The predicted octanol–water partition coefficient (Wildman–Crippen LogP) is 1.60. The average Bonchev–Trinajstić information content (AvgIpc) is 2.82. The van der Waals surface area contributed by atoms with Crippen molar-refractivity contribution >= 4 is 17.8 Å². The maximum Gasteiger partial charge on any atom is 0.229 e. The Balaban J connectivity index is 1.54. The fourth-order valence-electron chi connectivity index (χ4n) is 3.42. The number of aromatic nitrogens is 3. The van der Waals surface area contributed by atoms with E-state index in [1.807, 2.05) is 18.2 Å². The average molecular weight is 446 g/mol. The van der Waals surface area contributed by atoms with Crippen molar-refractivity contribution in [1.82, 2.24) is 15.0 Å². The molecule has 0 unspecified atom stereocenters. The number of hydrogen-bond donors (Lipinski definition) is 5. The van der Waals surface area contributed by atoms with Crippen molar-refractivity contribution in [1.29, 1.82) is 0 Å². The van der Waals surface area contributed by atoms with E-state index in [1.165, 1.54) is 0 Å². The summed E-state index contributed by atoms with van der Waals surface area (Å²) in [5.41, 5.74) is 6.53. The summed E-state index contributed by atoms with van der Waals surface area (Å²) >= 11 is 0. The summed E-state index contributed by atoms with van der Waals surface area (Å²) in [6.45, 7) is 3.79. The van der Waals surface area contributed by atoms with Crippen LogP contribution in [0.25, 0.3) is 0 Å². The van der Waals surface area contributed by atoms with Crippen LogP contribution in [-0.2, 0) is 16.0 Å². The number of nitrogens with two attached hydrogens (primary N) is 1. The molecule has 1 aliphatic carbocycles. The highest BCUT2D eigenvalue weighted by atomic mass is 16.5. The third-order valence-electron chi connectivity index (χ3n) is 5.12. The van der Waals surface area contributed by atoms with Gasteiger partial charge in [0.2, 0.25) is 17.8 Å². The maximum absolute atomic E-state index is 9.75. The van der Waals surface area contributed by atoms with Crippen LogP contribution in [0.1, 0.15) is 31.2 Å². The number of anilines is 3. The Hall–Kier alpha value is -2.53. The summed E-state index contributed by atoms with van der Waals surface area (Å²) in [5.74, 6) is 1.51. The Morgan fingerprint density at radius 1 is 0.844 bits per heavy atom. The van der Waals surface area contributed by atoms with Gasteiger partial charge in [-0.3, -0.25) is 0 Å². The quantitative estimate of drug-likeness (QED) is 0.272. The van der Waals surface area contributed by atoms with Crippen molar-refractivity contribution in [2.24, 2.45) is 5.73 Å². The molecule has 0 saturated heterocycles. The van der Waals surface area contributed by atoms with Gasteiger partial charge < -0.3 is 36.3 Å². The number of ether oxygens (including phenoxy) is 2. The maximum atomic E-state index is 9.75. The number of nitrogens with one attached hydrogen (secondary N) is 3. The summed E-state index contributed by atoms with van der Waals surface area (Å²) in [6, 6.07) is 10.3. The molecule has 1 heterocycles. The molecule has 6 N–H and O–H groups in total. The minimum absolute atomic E-state index is 0.201. The first-order chi connectivity index (χ1) is 15.7. The van der Waals surface area contributed by atoms with Crippen LogP contribution in [0.15, 0.2) is 30.3 Å². The molecule has 1 aromatic carbocycles. The molecule has 10 heteroatoms. The van der Waals surface area contributed by atoms with Gasteiger partial charge >= 0.3 is 0 Å². The molecule has 2 aromatic rings. The summed E-state index contributed by atoms with van der Waals surface area (Å²) < 4.78 is 10.8. The molecular weight excluding hydrogens is 410 g/mol. The van der Waals surface area contributed by atoms with E-state index in [0.29, 0.717) is 63.9 Å². The van der Waals surface area contributed by atoms with Gasteiger partial charge in [-0.25, -0.2) is 0 Å². The second kappa shape index (κ2) is 13.8. The highest BCUT2D eigenvalue weighted by molar-refractivity contribution is 5.43. The number of aliphatic hydroxyl groups is 1. The Bertz CT molecular complexity index is 773.